The second-order valence-corrected chi connectivity index (χ2v) is 6.48. The molecule has 0 radical (unpaired) electrons. The van der Waals surface area contributed by atoms with Gasteiger partial charge in [0.1, 0.15) is 0 Å². The molecule has 1 aromatic heterocycles. The van der Waals surface area contributed by atoms with Gasteiger partial charge in [0.15, 0.2) is 0 Å². The van der Waals surface area contributed by atoms with Crippen LogP contribution in [-0.2, 0) is 6.42 Å². The van der Waals surface area contributed by atoms with E-state index in [4.69, 9.17) is 5.26 Å². The van der Waals surface area contributed by atoms with Crippen molar-refractivity contribution in [3.05, 3.63) is 64.9 Å². The number of anilines is 1. The van der Waals surface area contributed by atoms with Crippen LogP contribution in [0.5, 0.6) is 0 Å². The van der Waals surface area contributed by atoms with Gasteiger partial charge in [-0.15, -0.1) is 0 Å². The number of allylic oxidation sites excluding steroid dienone is 1. The third-order valence-corrected chi connectivity index (χ3v) is 4.84. The van der Waals surface area contributed by atoms with Gasteiger partial charge in [0.2, 0.25) is 0 Å². The van der Waals surface area contributed by atoms with Crippen molar-refractivity contribution in [3.63, 3.8) is 0 Å². The summed E-state index contributed by atoms with van der Waals surface area (Å²) in [6.07, 6.45) is 7.34. The first-order valence-corrected chi connectivity index (χ1v) is 8.69. The molecule has 25 heavy (non-hydrogen) atoms. The minimum Gasteiger partial charge on any atom is -0.378 e. The Bertz CT molecular complexity index is 991. The fourth-order valence-corrected chi connectivity index (χ4v) is 3.65. The number of aryl methyl sites for hydroxylation is 1. The number of nitrogens with one attached hydrogen (secondary N) is 2. The molecule has 1 heterocycles. The van der Waals surface area contributed by atoms with Gasteiger partial charge in [0, 0.05) is 11.1 Å². The summed E-state index contributed by atoms with van der Waals surface area (Å²) in [6, 6.07) is 14.9. The SMILES string of the molecule is C/C=C/c1[nH]nc2ccc(N[C@H]3CCCc4cc(C#N)ccc43)cc12. The largest absolute Gasteiger partial charge is 0.378 e. The normalized spacial score (nSPS) is 16.7. The minimum absolute atomic E-state index is 0.283. The second kappa shape index (κ2) is 6.45. The van der Waals surface area contributed by atoms with E-state index in [9.17, 15) is 0 Å². The van der Waals surface area contributed by atoms with E-state index in [1.807, 2.05) is 37.3 Å². The number of nitriles is 1. The van der Waals surface area contributed by atoms with Crippen LogP contribution in [0, 0.1) is 11.3 Å². The molecular weight excluding hydrogens is 308 g/mol. The number of hydrogen-bond acceptors (Lipinski definition) is 3. The maximum atomic E-state index is 9.11. The number of H-pyrrole nitrogens is 1. The van der Waals surface area contributed by atoms with Crippen LogP contribution in [0.1, 0.15) is 48.2 Å². The zero-order valence-corrected chi connectivity index (χ0v) is 14.2. The number of hydrogen-bond donors (Lipinski definition) is 2. The third kappa shape index (κ3) is 2.89. The summed E-state index contributed by atoms with van der Waals surface area (Å²) < 4.78 is 0. The Balaban J connectivity index is 1.66. The van der Waals surface area contributed by atoms with Crippen molar-refractivity contribution >= 4 is 22.7 Å². The molecule has 1 atom stereocenters. The summed E-state index contributed by atoms with van der Waals surface area (Å²) in [5, 5.41) is 21.3. The average molecular weight is 328 g/mol. The number of rotatable bonds is 3. The molecule has 0 amide bonds. The van der Waals surface area contributed by atoms with Gasteiger partial charge in [0.05, 0.1) is 28.9 Å². The van der Waals surface area contributed by atoms with Crippen LogP contribution in [0.3, 0.4) is 0 Å². The molecule has 0 saturated carbocycles. The molecule has 4 heteroatoms. The first-order chi connectivity index (χ1) is 12.3. The molecule has 0 aliphatic heterocycles. The molecule has 2 aromatic carbocycles. The van der Waals surface area contributed by atoms with Crippen molar-refractivity contribution in [3.8, 4) is 6.07 Å². The highest BCUT2D eigenvalue weighted by atomic mass is 15.1. The lowest BCUT2D eigenvalue weighted by Crippen LogP contribution is -2.17. The zero-order valence-electron chi connectivity index (χ0n) is 14.2. The summed E-state index contributed by atoms with van der Waals surface area (Å²) >= 11 is 0. The first-order valence-electron chi connectivity index (χ1n) is 8.69. The van der Waals surface area contributed by atoms with E-state index in [0.29, 0.717) is 0 Å². The molecular formula is C21H20N4. The molecule has 1 aliphatic rings. The van der Waals surface area contributed by atoms with E-state index >= 15 is 0 Å². The lowest BCUT2D eigenvalue weighted by molar-refractivity contribution is 0.600. The average Bonchev–Trinajstić information content (AvgIpc) is 3.04. The maximum Gasteiger partial charge on any atom is 0.0991 e. The lowest BCUT2D eigenvalue weighted by atomic mass is 9.86. The smallest absolute Gasteiger partial charge is 0.0991 e. The lowest BCUT2D eigenvalue weighted by Gasteiger charge is -2.27. The van der Waals surface area contributed by atoms with Gasteiger partial charge in [-0.1, -0.05) is 12.1 Å². The number of aromatic nitrogens is 2. The van der Waals surface area contributed by atoms with Crippen molar-refractivity contribution in [2.24, 2.45) is 0 Å². The highest BCUT2D eigenvalue weighted by Gasteiger charge is 2.20. The Morgan fingerprint density at radius 2 is 2.20 bits per heavy atom. The predicted molar refractivity (Wildman–Crippen MR) is 101 cm³/mol. The second-order valence-electron chi connectivity index (χ2n) is 6.48. The summed E-state index contributed by atoms with van der Waals surface area (Å²) in [4.78, 5) is 0. The molecule has 3 aromatic rings. The van der Waals surface area contributed by atoms with E-state index in [-0.39, 0.29) is 6.04 Å². The summed E-state index contributed by atoms with van der Waals surface area (Å²) in [6.45, 7) is 2.00. The molecule has 4 nitrogen and oxygen atoms in total. The Morgan fingerprint density at radius 1 is 1.28 bits per heavy atom. The summed E-state index contributed by atoms with van der Waals surface area (Å²) in [5.41, 5.74) is 6.45. The molecule has 124 valence electrons. The van der Waals surface area contributed by atoms with Crippen molar-refractivity contribution in [1.82, 2.24) is 10.2 Å². The van der Waals surface area contributed by atoms with Gasteiger partial charge in [-0.25, -0.2) is 0 Å². The van der Waals surface area contributed by atoms with Gasteiger partial charge in [0.25, 0.3) is 0 Å². The minimum atomic E-state index is 0.283. The Hall–Kier alpha value is -3.06. The van der Waals surface area contributed by atoms with Gasteiger partial charge in [-0.05, 0) is 73.7 Å². The van der Waals surface area contributed by atoms with Crippen molar-refractivity contribution in [2.45, 2.75) is 32.2 Å². The van der Waals surface area contributed by atoms with Crippen molar-refractivity contribution in [2.75, 3.05) is 5.32 Å². The molecule has 0 bridgehead atoms. The molecule has 0 unspecified atom stereocenters. The Labute approximate surface area is 147 Å². The van der Waals surface area contributed by atoms with E-state index in [1.165, 1.54) is 11.1 Å². The van der Waals surface area contributed by atoms with Crippen LogP contribution >= 0.6 is 0 Å². The Kier molecular flexibility index (Phi) is 3.99. The quantitative estimate of drug-likeness (QED) is 0.714. The fraction of sp³-hybridized carbons (Fsp3) is 0.238. The summed E-state index contributed by atoms with van der Waals surface area (Å²) in [7, 11) is 0. The fourth-order valence-electron chi connectivity index (χ4n) is 3.65. The zero-order chi connectivity index (χ0) is 17.2. The highest BCUT2D eigenvalue weighted by Crippen LogP contribution is 2.34. The van der Waals surface area contributed by atoms with Gasteiger partial charge < -0.3 is 5.32 Å². The van der Waals surface area contributed by atoms with E-state index < -0.39 is 0 Å². The van der Waals surface area contributed by atoms with Gasteiger partial charge >= 0.3 is 0 Å². The van der Waals surface area contributed by atoms with Crippen molar-refractivity contribution in [1.29, 1.82) is 5.26 Å². The maximum absolute atomic E-state index is 9.11. The van der Waals surface area contributed by atoms with Gasteiger partial charge in [-0.3, -0.25) is 5.10 Å². The molecule has 0 fully saturated rings. The topological polar surface area (TPSA) is 64.5 Å². The molecule has 2 N–H and O–H groups in total. The van der Waals surface area contributed by atoms with Crippen LogP contribution in [0.15, 0.2) is 42.5 Å². The number of benzene rings is 2. The molecule has 0 spiro atoms. The van der Waals surface area contributed by atoms with Gasteiger partial charge in [-0.2, -0.15) is 10.4 Å². The van der Waals surface area contributed by atoms with Crippen LogP contribution in [0.25, 0.3) is 17.0 Å². The van der Waals surface area contributed by atoms with E-state index in [1.54, 1.807) is 0 Å². The molecule has 4 rings (SSSR count). The van der Waals surface area contributed by atoms with Crippen LogP contribution in [-0.4, -0.2) is 10.2 Å². The van der Waals surface area contributed by atoms with Crippen LogP contribution in [0.4, 0.5) is 5.69 Å². The number of nitrogens with zero attached hydrogens (tertiary/aromatic N) is 2. The first kappa shape index (κ1) is 15.5. The van der Waals surface area contributed by atoms with Crippen molar-refractivity contribution < 1.29 is 0 Å². The molecule has 0 saturated heterocycles. The van der Waals surface area contributed by atoms with Crippen LogP contribution < -0.4 is 5.32 Å². The van der Waals surface area contributed by atoms with E-state index in [2.05, 4.69) is 39.8 Å². The molecule has 1 aliphatic carbocycles. The predicted octanol–water partition coefficient (Wildman–Crippen LogP) is 4.96. The highest BCUT2D eigenvalue weighted by molar-refractivity contribution is 5.89. The van der Waals surface area contributed by atoms with E-state index in [0.717, 1.165) is 47.1 Å². The van der Waals surface area contributed by atoms with Crippen LogP contribution in [0.2, 0.25) is 0 Å². The monoisotopic (exact) mass is 328 g/mol. The number of fused-ring (bicyclic) bond motifs is 2. The Morgan fingerprint density at radius 3 is 3.04 bits per heavy atom. The standard InChI is InChI=1S/C21H20N4/c1-2-4-20-18-12-16(8-10-21(18)25-24-20)23-19-6-3-5-15-11-14(13-22)7-9-17(15)19/h2,4,7-12,19,23H,3,5-6H2,1H3,(H,24,25)/b4-2+/t19-/m0/s1. The summed E-state index contributed by atoms with van der Waals surface area (Å²) in [5.74, 6) is 0. The third-order valence-electron chi connectivity index (χ3n) is 4.84. The number of aromatic amines is 1.